The van der Waals surface area contributed by atoms with Crippen LogP contribution in [-0.4, -0.2) is 49.7 Å². The van der Waals surface area contributed by atoms with Gasteiger partial charge in [0.2, 0.25) is 0 Å². The Bertz CT molecular complexity index is 534. The highest BCUT2D eigenvalue weighted by molar-refractivity contribution is 5.95. The van der Waals surface area contributed by atoms with Crippen molar-refractivity contribution in [2.24, 2.45) is 5.92 Å². The number of nitrogens with zero attached hydrogens (tertiary/aromatic N) is 1. The molecule has 0 bridgehead atoms. The van der Waals surface area contributed by atoms with Crippen LogP contribution in [-0.2, 0) is 4.74 Å². The van der Waals surface area contributed by atoms with E-state index in [1.165, 1.54) is 0 Å². The first-order chi connectivity index (χ1) is 11.6. The molecule has 1 unspecified atom stereocenters. The zero-order valence-electron chi connectivity index (χ0n) is 15.6. The van der Waals surface area contributed by atoms with Gasteiger partial charge in [0.25, 0.3) is 5.91 Å². The molecule has 134 valence electrons. The number of benzene rings is 1. The van der Waals surface area contributed by atoms with Crippen molar-refractivity contribution in [3.63, 3.8) is 0 Å². The Morgan fingerprint density at radius 3 is 2.50 bits per heavy atom. The summed E-state index contributed by atoms with van der Waals surface area (Å²) in [6.07, 6.45) is 2.27. The van der Waals surface area contributed by atoms with Crippen LogP contribution in [0.3, 0.4) is 0 Å². The van der Waals surface area contributed by atoms with Crippen LogP contribution in [0.1, 0.15) is 48.2 Å². The zero-order valence-corrected chi connectivity index (χ0v) is 15.6. The number of hydrogen-bond acceptors (Lipinski definition) is 3. The highest BCUT2D eigenvalue weighted by atomic mass is 16.5. The van der Waals surface area contributed by atoms with E-state index >= 15 is 0 Å². The molecule has 1 heterocycles. The van der Waals surface area contributed by atoms with Crippen LogP contribution in [0.2, 0.25) is 0 Å². The number of ether oxygens (including phenoxy) is 1. The quantitative estimate of drug-likeness (QED) is 0.834. The minimum atomic E-state index is 0.0421. The van der Waals surface area contributed by atoms with Crippen LogP contribution in [0, 0.1) is 19.8 Å². The number of aryl methyl sites for hydroxylation is 1. The van der Waals surface area contributed by atoms with E-state index in [4.69, 9.17) is 4.74 Å². The minimum Gasteiger partial charge on any atom is -0.379 e. The van der Waals surface area contributed by atoms with Gasteiger partial charge in [-0.3, -0.25) is 9.69 Å². The fourth-order valence-corrected chi connectivity index (χ4v) is 3.63. The maximum atomic E-state index is 12.6. The van der Waals surface area contributed by atoms with Gasteiger partial charge in [-0.1, -0.05) is 38.8 Å². The summed E-state index contributed by atoms with van der Waals surface area (Å²) in [5.74, 6) is 0.641. The summed E-state index contributed by atoms with van der Waals surface area (Å²) in [7, 11) is 0. The highest BCUT2D eigenvalue weighted by Gasteiger charge is 2.27. The van der Waals surface area contributed by atoms with Crippen molar-refractivity contribution >= 4 is 5.91 Å². The van der Waals surface area contributed by atoms with Crippen molar-refractivity contribution in [3.05, 3.63) is 34.9 Å². The van der Waals surface area contributed by atoms with Crippen LogP contribution < -0.4 is 5.32 Å². The number of carbonyl (C=O) groups excluding carboxylic acids is 1. The maximum absolute atomic E-state index is 12.6. The SMILES string of the molecule is CCC(CC)C(CNC(=O)c1cccc(C)c1C)N1CCOCC1. The Kier molecular flexibility index (Phi) is 7.25. The van der Waals surface area contributed by atoms with Gasteiger partial charge in [0.1, 0.15) is 0 Å². The molecule has 24 heavy (non-hydrogen) atoms. The second kappa shape index (κ2) is 9.19. The topological polar surface area (TPSA) is 41.6 Å². The molecule has 1 aromatic rings. The van der Waals surface area contributed by atoms with E-state index in [0.29, 0.717) is 18.5 Å². The lowest BCUT2D eigenvalue weighted by molar-refractivity contribution is 0.00191. The molecule has 1 aliphatic heterocycles. The zero-order chi connectivity index (χ0) is 17.5. The molecule has 0 saturated carbocycles. The van der Waals surface area contributed by atoms with Gasteiger partial charge < -0.3 is 10.1 Å². The Hall–Kier alpha value is -1.39. The number of nitrogens with one attached hydrogen (secondary N) is 1. The Morgan fingerprint density at radius 1 is 1.21 bits per heavy atom. The predicted molar refractivity (Wildman–Crippen MR) is 98.5 cm³/mol. The van der Waals surface area contributed by atoms with Crippen LogP contribution in [0.4, 0.5) is 0 Å². The van der Waals surface area contributed by atoms with E-state index in [-0.39, 0.29) is 5.91 Å². The molecule has 0 aromatic heterocycles. The third kappa shape index (κ3) is 4.58. The molecule has 1 amide bonds. The number of amides is 1. The van der Waals surface area contributed by atoms with Gasteiger partial charge in [0.15, 0.2) is 0 Å². The fourth-order valence-electron chi connectivity index (χ4n) is 3.63. The van der Waals surface area contributed by atoms with Crippen molar-refractivity contribution in [2.45, 2.75) is 46.6 Å². The van der Waals surface area contributed by atoms with Crippen molar-refractivity contribution in [1.29, 1.82) is 0 Å². The van der Waals surface area contributed by atoms with Crippen LogP contribution in [0.15, 0.2) is 18.2 Å². The normalized spacial score (nSPS) is 17.0. The summed E-state index contributed by atoms with van der Waals surface area (Å²) >= 11 is 0. The lowest BCUT2D eigenvalue weighted by Gasteiger charge is -2.38. The first kappa shape index (κ1) is 18.9. The van der Waals surface area contributed by atoms with E-state index < -0.39 is 0 Å². The third-order valence-corrected chi connectivity index (χ3v) is 5.43. The molecule has 0 radical (unpaired) electrons. The van der Waals surface area contributed by atoms with E-state index in [0.717, 1.165) is 55.8 Å². The second-order valence-corrected chi connectivity index (χ2v) is 6.75. The lowest BCUT2D eigenvalue weighted by atomic mass is 9.92. The summed E-state index contributed by atoms with van der Waals surface area (Å²) in [6.45, 7) is 12.8. The average molecular weight is 332 g/mol. The highest BCUT2D eigenvalue weighted by Crippen LogP contribution is 2.20. The Balaban J connectivity index is 2.06. The van der Waals surface area contributed by atoms with Gasteiger partial charge in [-0.05, 0) is 37.0 Å². The monoisotopic (exact) mass is 332 g/mol. The van der Waals surface area contributed by atoms with Gasteiger partial charge in [0, 0.05) is 31.2 Å². The van der Waals surface area contributed by atoms with E-state index in [2.05, 4.69) is 24.1 Å². The average Bonchev–Trinajstić information content (AvgIpc) is 2.61. The number of hydrogen-bond donors (Lipinski definition) is 1. The van der Waals surface area contributed by atoms with Crippen molar-refractivity contribution in [2.75, 3.05) is 32.8 Å². The molecule has 1 aliphatic rings. The molecule has 1 saturated heterocycles. The first-order valence-electron chi connectivity index (χ1n) is 9.24. The van der Waals surface area contributed by atoms with Gasteiger partial charge in [-0.25, -0.2) is 0 Å². The molecule has 0 spiro atoms. The predicted octanol–water partition coefficient (Wildman–Crippen LogP) is 3.17. The van der Waals surface area contributed by atoms with Crippen LogP contribution in [0.25, 0.3) is 0 Å². The molecular weight excluding hydrogens is 300 g/mol. The molecule has 4 heteroatoms. The Morgan fingerprint density at radius 2 is 1.88 bits per heavy atom. The number of morpholine rings is 1. The first-order valence-corrected chi connectivity index (χ1v) is 9.24. The smallest absolute Gasteiger partial charge is 0.251 e. The summed E-state index contributed by atoms with van der Waals surface area (Å²) in [5.41, 5.74) is 3.02. The summed E-state index contributed by atoms with van der Waals surface area (Å²) < 4.78 is 5.49. The molecular formula is C20H32N2O2. The van der Waals surface area contributed by atoms with Gasteiger partial charge in [0.05, 0.1) is 13.2 Å². The van der Waals surface area contributed by atoms with Crippen LogP contribution in [0.5, 0.6) is 0 Å². The second-order valence-electron chi connectivity index (χ2n) is 6.75. The lowest BCUT2D eigenvalue weighted by Crippen LogP contribution is -2.52. The molecule has 4 nitrogen and oxygen atoms in total. The minimum absolute atomic E-state index is 0.0421. The summed E-state index contributed by atoms with van der Waals surface area (Å²) in [4.78, 5) is 15.1. The van der Waals surface area contributed by atoms with E-state index in [1.54, 1.807) is 0 Å². The third-order valence-electron chi connectivity index (χ3n) is 5.43. The molecule has 1 fully saturated rings. The van der Waals surface area contributed by atoms with Crippen molar-refractivity contribution in [3.8, 4) is 0 Å². The van der Waals surface area contributed by atoms with Crippen molar-refractivity contribution < 1.29 is 9.53 Å². The number of carbonyl (C=O) groups is 1. The van der Waals surface area contributed by atoms with Gasteiger partial charge in [-0.15, -0.1) is 0 Å². The van der Waals surface area contributed by atoms with Gasteiger partial charge in [-0.2, -0.15) is 0 Å². The van der Waals surface area contributed by atoms with E-state index in [1.807, 2.05) is 32.0 Å². The Labute approximate surface area is 146 Å². The number of rotatable bonds is 7. The van der Waals surface area contributed by atoms with Gasteiger partial charge >= 0.3 is 0 Å². The molecule has 2 rings (SSSR count). The van der Waals surface area contributed by atoms with Crippen LogP contribution >= 0.6 is 0 Å². The molecule has 1 aromatic carbocycles. The molecule has 0 aliphatic carbocycles. The fraction of sp³-hybridized carbons (Fsp3) is 0.650. The summed E-state index contributed by atoms with van der Waals surface area (Å²) in [5, 5.41) is 3.19. The molecule has 1 atom stereocenters. The van der Waals surface area contributed by atoms with Crippen molar-refractivity contribution in [1.82, 2.24) is 10.2 Å². The molecule has 1 N–H and O–H groups in total. The maximum Gasteiger partial charge on any atom is 0.251 e. The standard InChI is InChI=1S/C20H32N2O2/c1-5-17(6-2)19(22-10-12-24-13-11-22)14-21-20(23)18-9-7-8-15(3)16(18)4/h7-9,17,19H,5-6,10-14H2,1-4H3,(H,21,23). The van der Waals surface area contributed by atoms with E-state index in [9.17, 15) is 4.79 Å². The summed E-state index contributed by atoms with van der Waals surface area (Å²) in [6, 6.07) is 6.31. The largest absolute Gasteiger partial charge is 0.379 e.